The predicted octanol–water partition coefficient (Wildman–Crippen LogP) is 4.20. The third-order valence-electron chi connectivity index (χ3n) is 3.09. The quantitative estimate of drug-likeness (QED) is 0.669. The third kappa shape index (κ3) is 2.14. The molecule has 0 saturated heterocycles. The van der Waals surface area contributed by atoms with Gasteiger partial charge in [-0.1, -0.05) is 45.5 Å². The Morgan fingerprint density at radius 3 is 2.40 bits per heavy atom. The van der Waals surface area contributed by atoms with Crippen molar-refractivity contribution in [3.05, 3.63) is 47.5 Å². The second-order valence-corrected chi connectivity index (χ2v) is 5.51. The van der Waals surface area contributed by atoms with Crippen LogP contribution in [-0.2, 0) is 5.41 Å². The van der Waals surface area contributed by atoms with Crippen molar-refractivity contribution in [3.8, 4) is 0 Å². The van der Waals surface area contributed by atoms with Crippen LogP contribution in [0.15, 0.2) is 24.8 Å². The molecule has 0 amide bonds. The SMILES string of the molecule is C=[C]c1cc(C2CC2)ccc1C(C)(C)C. The fourth-order valence-electron chi connectivity index (χ4n) is 2.03. The summed E-state index contributed by atoms with van der Waals surface area (Å²) in [6.07, 6.45) is 5.78. The summed E-state index contributed by atoms with van der Waals surface area (Å²) in [5.41, 5.74) is 4.19. The van der Waals surface area contributed by atoms with Gasteiger partial charge in [0.05, 0.1) is 0 Å². The van der Waals surface area contributed by atoms with Crippen LogP contribution in [0.4, 0.5) is 0 Å². The molecule has 1 fully saturated rings. The predicted molar refractivity (Wildman–Crippen MR) is 65.1 cm³/mol. The average Bonchev–Trinajstić information content (AvgIpc) is 2.98. The topological polar surface area (TPSA) is 0 Å². The smallest absolute Gasteiger partial charge is 0.0126 e. The van der Waals surface area contributed by atoms with Crippen LogP contribution in [0.5, 0.6) is 0 Å². The standard InChI is InChI=1S/C15H19/c1-5-11-10-13(12-6-7-12)8-9-14(11)15(2,3)4/h8-10,12H,1,6-7H2,2-4H3. The average molecular weight is 199 g/mol. The van der Waals surface area contributed by atoms with Gasteiger partial charge in [-0.2, -0.15) is 0 Å². The van der Waals surface area contributed by atoms with Crippen LogP contribution in [0, 0.1) is 6.08 Å². The highest BCUT2D eigenvalue weighted by atomic mass is 14.3. The van der Waals surface area contributed by atoms with Crippen molar-refractivity contribution in [2.45, 2.75) is 44.9 Å². The third-order valence-corrected chi connectivity index (χ3v) is 3.09. The molecule has 0 unspecified atom stereocenters. The molecule has 0 aliphatic heterocycles. The second kappa shape index (κ2) is 3.52. The van der Waals surface area contributed by atoms with Crippen molar-refractivity contribution in [1.82, 2.24) is 0 Å². The lowest BCUT2D eigenvalue weighted by Crippen LogP contribution is -2.13. The summed E-state index contributed by atoms with van der Waals surface area (Å²) in [6, 6.07) is 6.80. The van der Waals surface area contributed by atoms with Crippen molar-refractivity contribution in [3.63, 3.8) is 0 Å². The molecule has 0 heteroatoms. The molecule has 0 nitrogen and oxygen atoms in total. The summed E-state index contributed by atoms with van der Waals surface area (Å²) in [7, 11) is 0. The van der Waals surface area contributed by atoms with E-state index in [4.69, 9.17) is 0 Å². The Bertz CT molecular complexity index is 376. The molecule has 0 atom stereocenters. The maximum Gasteiger partial charge on any atom is -0.0126 e. The molecule has 1 aromatic rings. The Hall–Kier alpha value is -1.04. The van der Waals surface area contributed by atoms with Crippen LogP contribution in [0.2, 0.25) is 0 Å². The molecule has 2 rings (SSSR count). The zero-order chi connectivity index (χ0) is 11.1. The van der Waals surface area contributed by atoms with E-state index in [1.807, 2.05) is 0 Å². The van der Waals surface area contributed by atoms with E-state index in [2.05, 4.69) is 51.6 Å². The first kappa shape index (κ1) is 10.5. The van der Waals surface area contributed by atoms with Crippen LogP contribution in [0.3, 0.4) is 0 Å². The first-order valence-corrected chi connectivity index (χ1v) is 5.70. The largest absolute Gasteiger partial charge is 0.0905 e. The van der Waals surface area contributed by atoms with E-state index in [0.717, 1.165) is 5.92 Å². The molecule has 1 aromatic carbocycles. The maximum absolute atomic E-state index is 3.80. The summed E-state index contributed by atoms with van der Waals surface area (Å²) in [5, 5.41) is 0. The van der Waals surface area contributed by atoms with Gasteiger partial charge in [0, 0.05) is 0 Å². The monoisotopic (exact) mass is 199 g/mol. The Morgan fingerprint density at radius 2 is 1.93 bits per heavy atom. The van der Waals surface area contributed by atoms with Gasteiger partial charge in [0.25, 0.3) is 0 Å². The molecule has 1 saturated carbocycles. The Morgan fingerprint density at radius 1 is 1.27 bits per heavy atom. The lowest BCUT2D eigenvalue weighted by Gasteiger charge is -2.22. The Kier molecular flexibility index (Phi) is 2.46. The fraction of sp³-hybridized carbons (Fsp3) is 0.467. The van der Waals surface area contributed by atoms with Gasteiger partial charge in [0.15, 0.2) is 0 Å². The minimum absolute atomic E-state index is 0.183. The van der Waals surface area contributed by atoms with Crippen LogP contribution < -0.4 is 0 Å². The summed E-state index contributed by atoms with van der Waals surface area (Å²) < 4.78 is 0. The van der Waals surface area contributed by atoms with Crippen molar-refractivity contribution in [2.75, 3.05) is 0 Å². The van der Waals surface area contributed by atoms with E-state index in [1.165, 1.54) is 29.5 Å². The highest BCUT2D eigenvalue weighted by Gasteiger charge is 2.25. The number of hydrogen-bond donors (Lipinski definition) is 0. The molecule has 0 bridgehead atoms. The molecule has 0 heterocycles. The molecule has 79 valence electrons. The molecule has 0 N–H and O–H groups in total. The zero-order valence-electron chi connectivity index (χ0n) is 9.93. The molecular weight excluding hydrogens is 180 g/mol. The van der Waals surface area contributed by atoms with Crippen LogP contribution in [-0.4, -0.2) is 0 Å². The summed E-state index contributed by atoms with van der Waals surface area (Å²) in [4.78, 5) is 0. The minimum atomic E-state index is 0.183. The lowest BCUT2D eigenvalue weighted by atomic mass is 9.83. The van der Waals surface area contributed by atoms with Crippen LogP contribution in [0.25, 0.3) is 0 Å². The zero-order valence-corrected chi connectivity index (χ0v) is 9.93. The van der Waals surface area contributed by atoms with Gasteiger partial charge in [0.1, 0.15) is 0 Å². The number of benzene rings is 1. The number of hydrogen-bond acceptors (Lipinski definition) is 0. The van der Waals surface area contributed by atoms with Gasteiger partial charge in [0.2, 0.25) is 0 Å². The molecule has 1 radical (unpaired) electrons. The highest BCUT2D eigenvalue weighted by Crippen LogP contribution is 2.41. The minimum Gasteiger partial charge on any atom is -0.0905 e. The molecule has 1 aliphatic carbocycles. The fourth-order valence-corrected chi connectivity index (χ4v) is 2.03. The molecule has 0 spiro atoms. The van der Waals surface area contributed by atoms with Gasteiger partial charge in [-0.25, -0.2) is 0 Å². The summed E-state index contributed by atoms with van der Waals surface area (Å²) in [5.74, 6) is 0.811. The van der Waals surface area contributed by atoms with Gasteiger partial charge < -0.3 is 0 Å². The Balaban J connectivity index is 2.43. The molecular formula is C15H19. The summed E-state index contributed by atoms with van der Waals surface area (Å²) >= 11 is 0. The van der Waals surface area contributed by atoms with Gasteiger partial charge in [-0.3, -0.25) is 0 Å². The van der Waals surface area contributed by atoms with Crippen molar-refractivity contribution < 1.29 is 0 Å². The van der Waals surface area contributed by atoms with Crippen LogP contribution >= 0.6 is 0 Å². The molecule has 0 aromatic heterocycles. The van der Waals surface area contributed by atoms with Gasteiger partial charge in [-0.05, 0) is 46.9 Å². The van der Waals surface area contributed by atoms with Crippen molar-refractivity contribution in [2.24, 2.45) is 0 Å². The van der Waals surface area contributed by atoms with Crippen molar-refractivity contribution in [1.29, 1.82) is 0 Å². The normalized spacial score (nSPS) is 16.5. The Labute approximate surface area is 93.0 Å². The van der Waals surface area contributed by atoms with Crippen molar-refractivity contribution >= 4 is 0 Å². The summed E-state index contributed by atoms with van der Waals surface area (Å²) in [6.45, 7) is 10.5. The molecule has 1 aliphatic rings. The lowest BCUT2D eigenvalue weighted by molar-refractivity contribution is 0.587. The van der Waals surface area contributed by atoms with E-state index >= 15 is 0 Å². The second-order valence-electron chi connectivity index (χ2n) is 5.51. The first-order chi connectivity index (χ1) is 7.02. The number of rotatable bonds is 2. The van der Waals surface area contributed by atoms with Gasteiger partial charge >= 0.3 is 0 Å². The van der Waals surface area contributed by atoms with E-state index < -0.39 is 0 Å². The maximum atomic E-state index is 3.80. The van der Waals surface area contributed by atoms with E-state index in [-0.39, 0.29) is 5.41 Å². The van der Waals surface area contributed by atoms with Gasteiger partial charge in [-0.15, -0.1) is 0 Å². The van der Waals surface area contributed by atoms with Crippen LogP contribution in [0.1, 0.15) is 56.2 Å². The van der Waals surface area contributed by atoms with E-state index in [1.54, 1.807) is 0 Å². The highest BCUT2D eigenvalue weighted by molar-refractivity contribution is 5.41. The van der Waals surface area contributed by atoms with E-state index in [0.29, 0.717) is 0 Å². The van der Waals surface area contributed by atoms with E-state index in [9.17, 15) is 0 Å². The molecule has 15 heavy (non-hydrogen) atoms. The first-order valence-electron chi connectivity index (χ1n) is 5.70.